The molecule has 2 nitrogen and oxygen atoms in total. The first-order chi connectivity index (χ1) is 12.7. The van der Waals surface area contributed by atoms with E-state index >= 15 is 0 Å². The first-order valence-electron chi connectivity index (χ1n) is 8.78. The van der Waals surface area contributed by atoms with E-state index in [2.05, 4.69) is 60.7 Å². The van der Waals surface area contributed by atoms with Crippen molar-refractivity contribution in [3.05, 3.63) is 90.5 Å². The first kappa shape index (κ1) is 17.7. The Morgan fingerprint density at radius 2 is 1.38 bits per heavy atom. The van der Waals surface area contributed by atoms with E-state index in [1.165, 1.54) is 22.8 Å². The minimum atomic E-state index is -0.301. The van der Waals surface area contributed by atoms with Crippen molar-refractivity contribution < 1.29 is 9.53 Å². The fraction of sp³-hybridized carbons (Fsp3) is 0.125. The third-order valence-electron chi connectivity index (χ3n) is 4.26. The summed E-state index contributed by atoms with van der Waals surface area (Å²) in [6.45, 7) is 4.11. The molecule has 0 atom stereocenters. The van der Waals surface area contributed by atoms with E-state index in [1.807, 2.05) is 25.1 Å². The van der Waals surface area contributed by atoms with Gasteiger partial charge in [0.2, 0.25) is 0 Å². The van der Waals surface area contributed by atoms with E-state index in [9.17, 15) is 4.79 Å². The molecule has 0 bridgehead atoms. The summed E-state index contributed by atoms with van der Waals surface area (Å²) in [6.07, 6.45) is 1.54. The number of hydrogen-bond acceptors (Lipinski definition) is 2. The van der Waals surface area contributed by atoms with E-state index in [1.54, 1.807) is 6.92 Å². The zero-order valence-electron chi connectivity index (χ0n) is 15.1. The van der Waals surface area contributed by atoms with Gasteiger partial charge in [0.25, 0.3) is 0 Å². The summed E-state index contributed by atoms with van der Waals surface area (Å²) < 4.78 is 4.97. The quantitative estimate of drug-likeness (QED) is 0.421. The van der Waals surface area contributed by atoms with Gasteiger partial charge in [-0.3, -0.25) is 0 Å². The molecule has 0 aliphatic heterocycles. The molecule has 0 aliphatic rings. The predicted molar refractivity (Wildman–Crippen MR) is 108 cm³/mol. The molecule has 26 heavy (non-hydrogen) atoms. The maximum absolute atomic E-state index is 11.6. The lowest BCUT2D eigenvalue weighted by atomic mass is 9.97. The standard InChI is InChI=1S/C24H22O2/c1-3-26-24(25)16-18(2)19-12-14-21(15-13-19)23-11-7-10-22(17-23)20-8-5-4-6-9-20/h4-17H,3H2,1-2H3/b18-16+. The summed E-state index contributed by atoms with van der Waals surface area (Å²) in [6, 6.07) is 27.1. The van der Waals surface area contributed by atoms with E-state index in [-0.39, 0.29) is 5.97 Å². The van der Waals surface area contributed by atoms with Gasteiger partial charge in [0.05, 0.1) is 6.61 Å². The maximum Gasteiger partial charge on any atom is 0.331 e. The van der Waals surface area contributed by atoms with Crippen molar-refractivity contribution in [1.82, 2.24) is 0 Å². The van der Waals surface area contributed by atoms with Gasteiger partial charge in [0.1, 0.15) is 0 Å². The topological polar surface area (TPSA) is 26.3 Å². The molecule has 3 aromatic rings. The second-order valence-corrected chi connectivity index (χ2v) is 6.10. The number of hydrogen-bond donors (Lipinski definition) is 0. The predicted octanol–water partition coefficient (Wildman–Crippen LogP) is 5.99. The highest BCUT2D eigenvalue weighted by Gasteiger charge is 2.04. The van der Waals surface area contributed by atoms with Crippen molar-refractivity contribution in [3.8, 4) is 22.3 Å². The van der Waals surface area contributed by atoms with E-state index in [0.717, 1.165) is 16.7 Å². The normalized spacial score (nSPS) is 11.2. The zero-order chi connectivity index (χ0) is 18.4. The summed E-state index contributed by atoms with van der Waals surface area (Å²) >= 11 is 0. The van der Waals surface area contributed by atoms with Gasteiger partial charge in [-0.15, -0.1) is 0 Å². The van der Waals surface area contributed by atoms with Gasteiger partial charge in [0.15, 0.2) is 0 Å². The molecule has 0 radical (unpaired) electrons. The van der Waals surface area contributed by atoms with Crippen LogP contribution in [-0.2, 0) is 9.53 Å². The second kappa shape index (κ2) is 8.30. The summed E-state index contributed by atoms with van der Waals surface area (Å²) in [4.78, 5) is 11.6. The Labute approximate surface area is 154 Å². The molecule has 2 heteroatoms. The number of esters is 1. The van der Waals surface area contributed by atoms with Gasteiger partial charge in [-0.1, -0.05) is 72.8 Å². The third-order valence-corrected chi connectivity index (χ3v) is 4.26. The van der Waals surface area contributed by atoms with Crippen molar-refractivity contribution in [2.75, 3.05) is 6.61 Å². The van der Waals surface area contributed by atoms with Gasteiger partial charge >= 0.3 is 5.97 Å². The number of carbonyl (C=O) groups is 1. The van der Waals surface area contributed by atoms with Gasteiger partial charge in [-0.05, 0) is 53.3 Å². The summed E-state index contributed by atoms with van der Waals surface area (Å²) in [5.41, 5.74) is 6.64. The Morgan fingerprint density at radius 3 is 2.00 bits per heavy atom. The van der Waals surface area contributed by atoms with Gasteiger partial charge in [0, 0.05) is 6.08 Å². The molecular weight excluding hydrogens is 320 g/mol. The van der Waals surface area contributed by atoms with Crippen LogP contribution in [0.3, 0.4) is 0 Å². The van der Waals surface area contributed by atoms with Crippen LogP contribution in [-0.4, -0.2) is 12.6 Å². The molecule has 0 fully saturated rings. The van der Waals surface area contributed by atoms with Crippen LogP contribution < -0.4 is 0 Å². The molecule has 0 aromatic heterocycles. The lowest BCUT2D eigenvalue weighted by Gasteiger charge is -2.08. The largest absolute Gasteiger partial charge is 0.463 e. The Bertz CT molecular complexity index is 906. The van der Waals surface area contributed by atoms with Crippen LogP contribution >= 0.6 is 0 Å². The van der Waals surface area contributed by atoms with Crippen molar-refractivity contribution in [1.29, 1.82) is 0 Å². The smallest absolute Gasteiger partial charge is 0.331 e. The number of benzene rings is 3. The van der Waals surface area contributed by atoms with Crippen molar-refractivity contribution >= 4 is 11.5 Å². The Hall–Kier alpha value is -3.13. The first-order valence-corrected chi connectivity index (χ1v) is 8.78. The molecule has 3 rings (SSSR count). The molecule has 0 aliphatic carbocycles. The van der Waals surface area contributed by atoms with Crippen LogP contribution in [0.2, 0.25) is 0 Å². The maximum atomic E-state index is 11.6. The fourth-order valence-corrected chi connectivity index (χ4v) is 2.88. The molecule has 0 unspecified atom stereocenters. The Kier molecular flexibility index (Phi) is 5.65. The highest BCUT2D eigenvalue weighted by Crippen LogP contribution is 2.27. The number of ether oxygens (including phenoxy) is 1. The van der Waals surface area contributed by atoms with Crippen LogP contribution in [0, 0.1) is 0 Å². The average molecular weight is 342 g/mol. The number of allylic oxidation sites excluding steroid dienone is 1. The highest BCUT2D eigenvalue weighted by molar-refractivity contribution is 5.91. The SMILES string of the molecule is CCOC(=O)/C=C(\C)c1ccc(-c2cccc(-c3ccccc3)c2)cc1. The van der Waals surface area contributed by atoms with Crippen LogP contribution in [0.15, 0.2) is 84.9 Å². The second-order valence-electron chi connectivity index (χ2n) is 6.10. The minimum Gasteiger partial charge on any atom is -0.463 e. The third kappa shape index (κ3) is 4.28. The average Bonchev–Trinajstić information content (AvgIpc) is 2.69. The van der Waals surface area contributed by atoms with E-state index < -0.39 is 0 Å². The number of rotatable bonds is 5. The van der Waals surface area contributed by atoms with Crippen LogP contribution in [0.4, 0.5) is 0 Å². The molecule has 130 valence electrons. The van der Waals surface area contributed by atoms with Gasteiger partial charge in [-0.2, -0.15) is 0 Å². The summed E-state index contributed by atoms with van der Waals surface area (Å²) in [5, 5.41) is 0. The molecule has 0 N–H and O–H groups in total. The van der Waals surface area contributed by atoms with Crippen LogP contribution in [0.5, 0.6) is 0 Å². The fourth-order valence-electron chi connectivity index (χ4n) is 2.88. The van der Waals surface area contributed by atoms with Crippen molar-refractivity contribution in [2.45, 2.75) is 13.8 Å². The van der Waals surface area contributed by atoms with Crippen LogP contribution in [0.25, 0.3) is 27.8 Å². The molecule has 0 heterocycles. The van der Waals surface area contributed by atoms with E-state index in [0.29, 0.717) is 6.61 Å². The monoisotopic (exact) mass is 342 g/mol. The van der Waals surface area contributed by atoms with Crippen LogP contribution in [0.1, 0.15) is 19.4 Å². The summed E-state index contributed by atoms with van der Waals surface area (Å²) in [7, 11) is 0. The molecular formula is C24H22O2. The highest BCUT2D eigenvalue weighted by atomic mass is 16.5. The Morgan fingerprint density at radius 1 is 0.808 bits per heavy atom. The van der Waals surface area contributed by atoms with E-state index in [4.69, 9.17) is 4.74 Å². The Balaban J connectivity index is 1.84. The molecule has 3 aromatic carbocycles. The molecule has 0 saturated carbocycles. The summed E-state index contributed by atoms with van der Waals surface area (Å²) in [5.74, 6) is -0.301. The van der Waals surface area contributed by atoms with Crippen molar-refractivity contribution in [2.24, 2.45) is 0 Å². The van der Waals surface area contributed by atoms with Gasteiger partial charge in [-0.25, -0.2) is 4.79 Å². The lowest BCUT2D eigenvalue weighted by Crippen LogP contribution is -2.00. The van der Waals surface area contributed by atoms with Crippen molar-refractivity contribution in [3.63, 3.8) is 0 Å². The number of carbonyl (C=O) groups excluding carboxylic acids is 1. The van der Waals surface area contributed by atoms with Gasteiger partial charge < -0.3 is 4.74 Å². The minimum absolute atomic E-state index is 0.301. The zero-order valence-corrected chi connectivity index (χ0v) is 15.1. The molecule has 0 saturated heterocycles. The molecule has 0 spiro atoms. The molecule has 0 amide bonds. The lowest BCUT2D eigenvalue weighted by molar-refractivity contribution is -0.137.